The van der Waals surface area contributed by atoms with Gasteiger partial charge in [0.1, 0.15) is 25.4 Å². The SMILES string of the molecule is C=CC(=O)OCC(O)COCCC[Si](C)(C)OC(C)(CC)[Si](C)(C)OC(C)(CC)[Si](C)(C)CCCOCC(O)COC(=O)C=C. The van der Waals surface area contributed by atoms with Crippen LogP contribution in [0.4, 0.5) is 0 Å². The van der Waals surface area contributed by atoms with Crippen molar-refractivity contribution >= 4 is 36.6 Å². The summed E-state index contributed by atoms with van der Waals surface area (Å²) in [5.41, 5.74) is 0. The van der Waals surface area contributed by atoms with Crippen molar-refractivity contribution in [3.05, 3.63) is 25.3 Å². The molecule has 0 bridgehead atoms. The van der Waals surface area contributed by atoms with Crippen LogP contribution >= 0.6 is 0 Å². The standard InChI is InChI=1S/C32H64O10Si3/c1-13-29(35)39-25-27(33)23-37-19-17-21-43(7,8)31(5,15-3)42-45(11,12)32(6,16-4)41-44(9,10)22-18-20-38-24-28(34)26-40-30(36)14-2/h13-14,27-28,33-34H,1-2,15-26H2,3-12H3. The molecule has 4 atom stereocenters. The van der Waals surface area contributed by atoms with Crippen molar-refractivity contribution in [1.82, 2.24) is 0 Å². The fourth-order valence-electron chi connectivity index (χ4n) is 5.13. The Bertz CT molecular complexity index is 914. The lowest BCUT2D eigenvalue weighted by molar-refractivity contribution is -0.142. The second-order valence-corrected chi connectivity index (χ2v) is 27.7. The Morgan fingerprint density at radius 2 is 1.13 bits per heavy atom. The van der Waals surface area contributed by atoms with Crippen molar-refractivity contribution in [3.8, 4) is 0 Å². The van der Waals surface area contributed by atoms with Gasteiger partial charge in [-0.2, -0.15) is 0 Å². The first kappa shape index (κ1) is 43.8. The van der Waals surface area contributed by atoms with Crippen molar-refractivity contribution in [2.45, 2.75) is 127 Å². The molecule has 0 radical (unpaired) electrons. The maximum atomic E-state index is 11.2. The number of carbonyl (C=O) groups excluding carboxylic acids is 2. The van der Waals surface area contributed by atoms with E-state index in [0.717, 1.165) is 49.9 Å². The zero-order valence-electron chi connectivity index (χ0n) is 29.9. The van der Waals surface area contributed by atoms with Crippen molar-refractivity contribution < 1.29 is 47.6 Å². The lowest BCUT2D eigenvalue weighted by Gasteiger charge is -2.53. The Labute approximate surface area is 276 Å². The monoisotopic (exact) mass is 692 g/mol. The van der Waals surface area contributed by atoms with Gasteiger partial charge in [0, 0.05) is 30.6 Å². The number of esters is 2. The van der Waals surface area contributed by atoms with Crippen LogP contribution in [-0.2, 0) is 37.4 Å². The summed E-state index contributed by atoms with van der Waals surface area (Å²) in [4.78, 5) is 22.3. The molecule has 0 saturated heterocycles. The fraction of sp³-hybridized carbons (Fsp3) is 0.812. The van der Waals surface area contributed by atoms with Gasteiger partial charge in [-0.25, -0.2) is 9.59 Å². The fourth-order valence-corrected chi connectivity index (χ4v) is 16.1. The van der Waals surface area contributed by atoms with Crippen molar-refractivity contribution in [1.29, 1.82) is 0 Å². The first-order valence-electron chi connectivity index (χ1n) is 16.2. The van der Waals surface area contributed by atoms with E-state index in [1.165, 1.54) is 0 Å². The molecule has 0 aliphatic rings. The van der Waals surface area contributed by atoms with Crippen LogP contribution in [0.5, 0.6) is 0 Å². The third-order valence-corrected chi connectivity index (χ3v) is 20.8. The van der Waals surface area contributed by atoms with Crippen LogP contribution in [0.3, 0.4) is 0 Å². The van der Waals surface area contributed by atoms with E-state index in [0.29, 0.717) is 13.2 Å². The molecule has 2 N–H and O–H groups in total. The smallest absolute Gasteiger partial charge is 0.330 e. The van der Waals surface area contributed by atoms with Gasteiger partial charge in [0.15, 0.2) is 8.32 Å². The van der Waals surface area contributed by atoms with E-state index >= 15 is 0 Å². The predicted molar refractivity (Wildman–Crippen MR) is 187 cm³/mol. The highest BCUT2D eigenvalue weighted by Gasteiger charge is 2.53. The van der Waals surface area contributed by atoms with E-state index in [2.05, 4.69) is 80.1 Å². The van der Waals surface area contributed by atoms with Gasteiger partial charge in [-0.15, -0.1) is 0 Å². The number of aliphatic hydroxyl groups is 2. The minimum absolute atomic E-state index is 0.101. The molecule has 0 amide bonds. The van der Waals surface area contributed by atoms with Gasteiger partial charge in [0.25, 0.3) is 0 Å². The minimum Gasteiger partial charge on any atom is -0.460 e. The number of aliphatic hydroxyl groups excluding tert-OH is 2. The molecule has 0 heterocycles. The summed E-state index contributed by atoms with van der Waals surface area (Å²) in [6, 6.07) is 1.92. The van der Waals surface area contributed by atoms with Crippen LogP contribution in [0, 0.1) is 0 Å². The highest BCUT2D eigenvalue weighted by molar-refractivity contribution is 6.82. The maximum Gasteiger partial charge on any atom is 0.330 e. The number of hydrogen-bond acceptors (Lipinski definition) is 10. The molecule has 4 unspecified atom stereocenters. The molecular formula is C32H64O10Si3. The van der Waals surface area contributed by atoms with Crippen molar-refractivity contribution in [3.63, 3.8) is 0 Å². The summed E-state index contributed by atoms with van der Waals surface area (Å²) >= 11 is 0. The summed E-state index contributed by atoms with van der Waals surface area (Å²) in [6.07, 6.45) is 3.83. The van der Waals surface area contributed by atoms with E-state index in [-0.39, 0.29) is 36.9 Å². The van der Waals surface area contributed by atoms with E-state index in [9.17, 15) is 19.8 Å². The molecule has 45 heavy (non-hydrogen) atoms. The van der Waals surface area contributed by atoms with Crippen LogP contribution in [0.2, 0.25) is 51.4 Å². The number of hydrogen-bond donors (Lipinski definition) is 2. The van der Waals surface area contributed by atoms with Crippen LogP contribution in [0.25, 0.3) is 0 Å². The topological polar surface area (TPSA) is 130 Å². The lowest BCUT2D eigenvalue weighted by Crippen LogP contribution is -2.66. The largest absolute Gasteiger partial charge is 0.460 e. The van der Waals surface area contributed by atoms with Gasteiger partial charge < -0.3 is 38.0 Å². The van der Waals surface area contributed by atoms with Crippen LogP contribution in [-0.4, -0.2) is 109 Å². The van der Waals surface area contributed by atoms with E-state index in [1.807, 2.05) is 0 Å². The molecule has 0 aromatic carbocycles. The zero-order valence-corrected chi connectivity index (χ0v) is 32.9. The van der Waals surface area contributed by atoms with Crippen LogP contribution in [0.15, 0.2) is 25.3 Å². The normalized spacial score (nSPS) is 16.6. The lowest BCUT2D eigenvalue weighted by atomic mass is 10.3. The summed E-state index contributed by atoms with van der Waals surface area (Å²) in [5, 5.41) is 19.3. The Balaban J connectivity index is 5.07. The molecule has 0 rings (SSSR count). The average Bonchev–Trinajstić information content (AvgIpc) is 2.97. The second kappa shape index (κ2) is 20.3. The summed E-state index contributed by atoms with van der Waals surface area (Å²) in [7, 11) is -6.39. The predicted octanol–water partition coefficient (Wildman–Crippen LogP) is 5.55. The van der Waals surface area contributed by atoms with Gasteiger partial charge in [0.2, 0.25) is 8.32 Å². The van der Waals surface area contributed by atoms with E-state index < -0.39 is 48.9 Å². The average molecular weight is 693 g/mol. The van der Waals surface area contributed by atoms with Gasteiger partial charge >= 0.3 is 11.9 Å². The third kappa shape index (κ3) is 16.0. The molecule has 0 aromatic rings. The maximum absolute atomic E-state index is 11.2. The molecule has 0 aliphatic heterocycles. The zero-order chi connectivity index (χ0) is 35.0. The summed E-state index contributed by atoms with van der Waals surface area (Å²) < 4.78 is 35.4. The molecule has 10 nitrogen and oxygen atoms in total. The third-order valence-electron chi connectivity index (χ3n) is 8.98. The van der Waals surface area contributed by atoms with Gasteiger partial charge in [-0.3, -0.25) is 0 Å². The molecule has 0 fully saturated rings. The van der Waals surface area contributed by atoms with Gasteiger partial charge in [-0.05, 0) is 71.8 Å². The van der Waals surface area contributed by atoms with E-state index in [4.69, 9.17) is 27.8 Å². The molecule has 13 heteroatoms. The second-order valence-electron chi connectivity index (χ2n) is 13.9. The Morgan fingerprint density at radius 1 is 0.711 bits per heavy atom. The van der Waals surface area contributed by atoms with Crippen LogP contribution < -0.4 is 0 Å². The first-order chi connectivity index (χ1) is 20.7. The summed E-state index contributed by atoms with van der Waals surface area (Å²) in [6.45, 7) is 30.4. The molecule has 264 valence electrons. The highest BCUT2D eigenvalue weighted by atomic mass is 28.4. The molecular weight excluding hydrogens is 629 g/mol. The van der Waals surface area contributed by atoms with Gasteiger partial charge in [0.05, 0.1) is 26.5 Å². The summed E-state index contributed by atoms with van der Waals surface area (Å²) in [5.74, 6) is -1.13. The quantitative estimate of drug-likeness (QED) is 0.0515. The Hall–Kier alpha value is -1.17. The van der Waals surface area contributed by atoms with Crippen molar-refractivity contribution in [2.75, 3.05) is 39.6 Å². The highest BCUT2D eigenvalue weighted by Crippen LogP contribution is 2.41. The Kier molecular flexibility index (Phi) is 19.7. The number of carbonyl (C=O) groups is 2. The number of ether oxygens (including phenoxy) is 4. The number of rotatable bonds is 26. The molecule has 0 aromatic heterocycles. The molecule has 0 saturated carbocycles. The molecule has 0 aliphatic carbocycles. The van der Waals surface area contributed by atoms with Crippen LogP contribution in [0.1, 0.15) is 53.4 Å². The minimum atomic E-state index is -2.39. The Morgan fingerprint density at radius 3 is 1.53 bits per heavy atom. The molecule has 0 spiro atoms. The van der Waals surface area contributed by atoms with Crippen molar-refractivity contribution in [2.24, 2.45) is 0 Å². The van der Waals surface area contributed by atoms with E-state index in [1.54, 1.807) is 0 Å². The first-order valence-corrected chi connectivity index (χ1v) is 25.5. The van der Waals surface area contributed by atoms with Gasteiger partial charge in [-0.1, -0.05) is 46.1 Å².